The Kier molecular flexibility index (Phi) is 5.96. The highest BCUT2D eigenvalue weighted by atomic mass is 19.4. The van der Waals surface area contributed by atoms with Crippen molar-refractivity contribution >= 4 is 23.5 Å². The molecule has 0 saturated heterocycles. The van der Waals surface area contributed by atoms with E-state index in [1.165, 1.54) is 29.1 Å². The SMILES string of the molecule is O=Cc1cnc2c(NC(=O)c3cc(-c4ncccn4)c(C(F)(F)F)cc3F)c(-c3ccccc3)ccn12. The third-order valence-electron chi connectivity index (χ3n) is 5.62. The van der Waals surface area contributed by atoms with E-state index in [4.69, 9.17) is 0 Å². The van der Waals surface area contributed by atoms with Gasteiger partial charge < -0.3 is 5.32 Å². The number of nitrogens with zero attached hydrogens (tertiary/aromatic N) is 4. The van der Waals surface area contributed by atoms with Crippen LogP contribution in [0.25, 0.3) is 28.2 Å². The lowest BCUT2D eigenvalue weighted by Gasteiger charge is -2.16. The number of fused-ring (bicyclic) bond motifs is 1. The molecule has 5 aromatic rings. The van der Waals surface area contributed by atoms with E-state index in [9.17, 15) is 27.2 Å². The van der Waals surface area contributed by atoms with E-state index in [2.05, 4.69) is 20.3 Å². The average Bonchev–Trinajstić information content (AvgIpc) is 3.33. The van der Waals surface area contributed by atoms with Crippen LogP contribution in [0.3, 0.4) is 0 Å². The van der Waals surface area contributed by atoms with Gasteiger partial charge in [-0.2, -0.15) is 13.2 Å². The monoisotopic (exact) mass is 505 g/mol. The van der Waals surface area contributed by atoms with Gasteiger partial charge in [0.2, 0.25) is 0 Å². The average molecular weight is 505 g/mol. The van der Waals surface area contributed by atoms with E-state index < -0.39 is 34.6 Å². The second kappa shape index (κ2) is 9.26. The molecule has 0 spiro atoms. The van der Waals surface area contributed by atoms with Gasteiger partial charge in [-0.1, -0.05) is 30.3 Å². The molecule has 37 heavy (non-hydrogen) atoms. The van der Waals surface area contributed by atoms with Gasteiger partial charge in [0, 0.05) is 29.7 Å². The third-order valence-corrected chi connectivity index (χ3v) is 5.62. The smallest absolute Gasteiger partial charge is 0.318 e. The molecule has 0 saturated carbocycles. The van der Waals surface area contributed by atoms with E-state index in [1.807, 2.05) is 0 Å². The first-order valence-corrected chi connectivity index (χ1v) is 10.8. The van der Waals surface area contributed by atoms with Crippen molar-refractivity contribution in [2.45, 2.75) is 6.18 Å². The van der Waals surface area contributed by atoms with E-state index >= 15 is 0 Å². The fourth-order valence-electron chi connectivity index (χ4n) is 3.92. The van der Waals surface area contributed by atoms with Crippen LogP contribution in [0.1, 0.15) is 26.4 Å². The Bertz CT molecular complexity index is 1630. The number of pyridine rings is 1. The number of amides is 1. The molecule has 3 aromatic heterocycles. The van der Waals surface area contributed by atoms with Crippen LogP contribution in [0.15, 0.2) is 79.4 Å². The molecule has 0 bridgehead atoms. The topological polar surface area (TPSA) is 89.2 Å². The molecule has 184 valence electrons. The molecule has 3 heterocycles. The van der Waals surface area contributed by atoms with Crippen molar-refractivity contribution in [2.75, 3.05) is 5.32 Å². The number of benzene rings is 2. The highest BCUT2D eigenvalue weighted by Gasteiger charge is 2.36. The van der Waals surface area contributed by atoms with Crippen molar-refractivity contribution < 1.29 is 27.2 Å². The maximum atomic E-state index is 15.0. The normalized spacial score (nSPS) is 11.5. The van der Waals surface area contributed by atoms with Crippen LogP contribution in [0, 0.1) is 5.82 Å². The van der Waals surface area contributed by atoms with Crippen LogP contribution in [0.4, 0.5) is 23.2 Å². The summed E-state index contributed by atoms with van der Waals surface area (Å²) in [7, 11) is 0. The number of imidazole rings is 1. The Morgan fingerprint density at radius 3 is 2.35 bits per heavy atom. The summed E-state index contributed by atoms with van der Waals surface area (Å²) in [5.74, 6) is -2.72. The van der Waals surface area contributed by atoms with Gasteiger partial charge in [0.15, 0.2) is 17.8 Å². The molecule has 5 rings (SSSR count). The van der Waals surface area contributed by atoms with Crippen molar-refractivity contribution in [1.82, 2.24) is 19.4 Å². The fourth-order valence-corrected chi connectivity index (χ4v) is 3.92. The quantitative estimate of drug-likeness (QED) is 0.245. The molecule has 0 atom stereocenters. The van der Waals surface area contributed by atoms with Crippen LogP contribution >= 0.6 is 0 Å². The first kappa shape index (κ1) is 23.8. The molecule has 0 aliphatic rings. The van der Waals surface area contributed by atoms with Gasteiger partial charge in [-0.25, -0.2) is 19.3 Å². The van der Waals surface area contributed by atoms with Crippen LogP contribution in [0.5, 0.6) is 0 Å². The number of nitrogens with one attached hydrogen (secondary N) is 1. The Labute approximate surface area is 206 Å². The van der Waals surface area contributed by atoms with Crippen LogP contribution in [0.2, 0.25) is 0 Å². The molecule has 7 nitrogen and oxygen atoms in total. The summed E-state index contributed by atoms with van der Waals surface area (Å²) < 4.78 is 57.4. The van der Waals surface area contributed by atoms with Gasteiger partial charge >= 0.3 is 6.18 Å². The van der Waals surface area contributed by atoms with Gasteiger partial charge in [-0.05, 0) is 29.8 Å². The highest BCUT2D eigenvalue weighted by Crippen LogP contribution is 2.38. The van der Waals surface area contributed by atoms with Crippen molar-refractivity contribution in [2.24, 2.45) is 0 Å². The Morgan fingerprint density at radius 1 is 0.946 bits per heavy atom. The van der Waals surface area contributed by atoms with E-state index in [0.717, 1.165) is 6.07 Å². The van der Waals surface area contributed by atoms with E-state index in [0.29, 0.717) is 17.4 Å². The van der Waals surface area contributed by atoms with E-state index in [-0.39, 0.29) is 28.9 Å². The first-order valence-electron chi connectivity index (χ1n) is 10.8. The van der Waals surface area contributed by atoms with Crippen molar-refractivity contribution in [1.29, 1.82) is 0 Å². The van der Waals surface area contributed by atoms with Gasteiger partial charge in [0.1, 0.15) is 11.5 Å². The Balaban J connectivity index is 1.66. The molecular formula is C26H15F4N5O2. The summed E-state index contributed by atoms with van der Waals surface area (Å²) in [5.41, 5.74) is -0.799. The largest absolute Gasteiger partial charge is 0.417 e. The summed E-state index contributed by atoms with van der Waals surface area (Å²) >= 11 is 0. The second-order valence-corrected chi connectivity index (χ2v) is 7.87. The van der Waals surface area contributed by atoms with Crippen LogP contribution < -0.4 is 5.32 Å². The zero-order chi connectivity index (χ0) is 26.2. The number of alkyl halides is 3. The molecule has 1 amide bonds. The predicted molar refractivity (Wildman–Crippen MR) is 126 cm³/mol. The van der Waals surface area contributed by atoms with Gasteiger partial charge in [0.05, 0.1) is 23.0 Å². The molecule has 0 fully saturated rings. The Hall–Kier alpha value is -4.93. The second-order valence-electron chi connectivity index (χ2n) is 7.87. The minimum absolute atomic E-state index is 0.142. The summed E-state index contributed by atoms with van der Waals surface area (Å²) in [4.78, 5) is 36.6. The Morgan fingerprint density at radius 2 is 1.68 bits per heavy atom. The van der Waals surface area contributed by atoms with Gasteiger partial charge in [-0.15, -0.1) is 0 Å². The summed E-state index contributed by atoms with van der Waals surface area (Å²) in [6, 6.07) is 13.0. The highest BCUT2D eigenvalue weighted by molar-refractivity contribution is 6.09. The lowest BCUT2D eigenvalue weighted by molar-refractivity contribution is -0.137. The minimum Gasteiger partial charge on any atom is -0.318 e. The van der Waals surface area contributed by atoms with Gasteiger partial charge in [-0.3, -0.25) is 14.0 Å². The number of carbonyl (C=O) groups is 2. The fraction of sp³-hybridized carbons (Fsp3) is 0.0385. The number of anilines is 1. The van der Waals surface area contributed by atoms with Crippen LogP contribution in [-0.4, -0.2) is 31.5 Å². The molecule has 1 N–H and O–H groups in total. The van der Waals surface area contributed by atoms with Crippen molar-refractivity contribution in [3.05, 3.63) is 102 Å². The lowest BCUT2D eigenvalue weighted by Crippen LogP contribution is -2.18. The zero-order valence-electron chi connectivity index (χ0n) is 18.7. The van der Waals surface area contributed by atoms with Crippen molar-refractivity contribution in [3.63, 3.8) is 0 Å². The molecule has 0 radical (unpaired) electrons. The number of hydrogen-bond donors (Lipinski definition) is 1. The van der Waals surface area contributed by atoms with Gasteiger partial charge in [0.25, 0.3) is 5.91 Å². The van der Waals surface area contributed by atoms with E-state index in [1.54, 1.807) is 42.6 Å². The molecule has 2 aromatic carbocycles. The summed E-state index contributed by atoms with van der Waals surface area (Å²) in [6.07, 6.45) is 1.03. The molecule has 11 heteroatoms. The first-order chi connectivity index (χ1) is 17.8. The number of aromatic nitrogens is 4. The van der Waals surface area contributed by atoms with Crippen LogP contribution in [-0.2, 0) is 6.18 Å². The lowest BCUT2D eigenvalue weighted by atomic mass is 10.0. The summed E-state index contributed by atoms with van der Waals surface area (Å²) in [6.45, 7) is 0. The maximum Gasteiger partial charge on any atom is 0.417 e. The molecular weight excluding hydrogens is 490 g/mol. The molecule has 0 unspecified atom stereocenters. The van der Waals surface area contributed by atoms with Crippen molar-refractivity contribution in [3.8, 4) is 22.5 Å². The number of carbonyl (C=O) groups excluding carboxylic acids is 2. The number of aldehydes is 1. The predicted octanol–water partition coefficient (Wildman–Crippen LogP) is 5.68. The summed E-state index contributed by atoms with van der Waals surface area (Å²) in [5, 5.41) is 2.58. The minimum atomic E-state index is -4.92. The standard InChI is InChI=1S/C26H15F4N5O2/c27-21-12-20(26(28,29)30)18(23-31-8-4-9-32-23)11-19(21)25(37)34-22-17(15-5-2-1-3-6-15)7-10-35-16(14-36)13-33-24(22)35/h1-14H,(H,34,37). The molecule has 0 aliphatic heterocycles. The third kappa shape index (κ3) is 4.42. The molecule has 0 aliphatic carbocycles. The maximum absolute atomic E-state index is 15.0. The number of halogens is 4. The number of rotatable bonds is 5. The zero-order valence-corrected chi connectivity index (χ0v) is 18.7. The number of hydrogen-bond acceptors (Lipinski definition) is 5.